The lowest BCUT2D eigenvalue weighted by Gasteiger charge is -1.95. The third-order valence-electron chi connectivity index (χ3n) is 1.10. The molecule has 0 aromatic heterocycles. The van der Waals surface area contributed by atoms with Gasteiger partial charge in [-0.2, -0.15) is 0 Å². The van der Waals surface area contributed by atoms with Crippen LogP contribution >= 0.6 is 48.8 Å². The molecule has 0 bridgehead atoms. The number of rotatable bonds is 1. The summed E-state index contributed by atoms with van der Waals surface area (Å²) in [5, 5.41) is 0.911. The summed E-state index contributed by atoms with van der Waals surface area (Å²) in [5.41, 5.74) is 1.29. The van der Waals surface area contributed by atoms with E-state index in [1.54, 1.807) is 0 Å². The number of halogens is 3. The molecule has 0 aliphatic rings. The van der Waals surface area contributed by atoms with E-state index in [4.69, 9.17) is 0 Å². The van der Waals surface area contributed by atoms with Crippen LogP contribution in [-0.2, 0) is 5.33 Å². The predicted octanol–water partition coefficient (Wildman–Crippen LogP) is 3.92. The SMILES string of the molecule is Br.BrCc1ccccc1Br. The monoisotopic (exact) mass is 328 g/mol. The van der Waals surface area contributed by atoms with Crippen molar-refractivity contribution >= 4 is 48.8 Å². The summed E-state index contributed by atoms with van der Waals surface area (Å²) in [5.74, 6) is 0. The summed E-state index contributed by atoms with van der Waals surface area (Å²) in [7, 11) is 0. The van der Waals surface area contributed by atoms with E-state index in [-0.39, 0.29) is 17.0 Å². The Morgan fingerprint density at radius 2 is 1.80 bits per heavy atom. The molecular weight excluding hydrogens is 324 g/mol. The number of hydrogen-bond donors (Lipinski definition) is 0. The molecule has 3 heteroatoms. The number of alkyl halides is 1. The van der Waals surface area contributed by atoms with Gasteiger partial charge in [0.15, 0.2) is 0 Å². The second-order valence-corrected chi connectivity index (χ2v) is 3.14. The summed E-state index contributed by atoms with van der Waals surface area (Å²) in [6.07, 6.45) is 0. The van der Waals surface area contributed by atoms with Gasteiger partial charge in [-0.15, -0.1) is 17.0 Å². The summed E-state index contributed by atoms with van der Waals surface area (Å²) < 4.78 is 1.17. The van der Waals surface area contributed by atoms with Crippen molar-refractivity contribution in [2.45, 2.75) is 5.33 Å². The van der Waals surface area contributed by atoms with E-state index >= 15 is 0 Å². The lowest BCUT2D eigenvalue weighted by molar-refractivity contribution is 1.40. The van der Waals surface area contributed by atoms with Gasteiger partial charge >= 0.3 is 0 Å². The average molecular weight is 331 g/mol. The molecule has 0 unspecified atom stereocenters. The Morgan fingerprint density at radius 1 is 1.20 bits per heavy atom. The quantitative estimate of drug-likeness (QED) is 0.685. The standard InChI is InChI=1S/C7H6Br2.BrH/c8-5-6-3-1-2-4-7(6)9;/h1-4H,5H2;1H. The van der Waals surface area contributed by atoms with Crippen LogP contribution in [0.3, 0.4) is 0 Å². The van der Waals surface area contributed by atoms with E-state index < -0.39 is 0 Å². The molecule has 0 saturated heterocycles. The molecule has 1 aromatic carbocycles. The maximum absolute atomic E-state index is 3.43. The van der Waals surface area contributed by atoms with Crippen LogP contribution in [0.1, 0.15) is 5.56 Å². The number of benzene rings is 1. The van der Waals surface area contributed by atoms with Crippen LogP contribution in [-0.4, -0.2) is 0 Å². The molecule has 0 radical (unpaired) electrons. The van der Waals surface area contributed by atoms with Crippen molar-refractivity contribution in [1.82, 2.24) is 0 Å². The van der Waals surface area contributed by atoms with Gasteiger partial charge in [0, 0.05) is 9.80 Å². The van der Waals surface area contributed by atoms with Gasteiger partial charge < -0.3 is 0 Å². The van der Waals surface area contributed by atoms with Crippen LogP contribution in [0, 0.1) is 0 Å². The molecule has 0 fully saturated rings. The minimum Gasteiger partial charge on any atom is -0.114 e. The average Bonchev–Trinajstić information content (AvgIpc) is 1.89. The first-order valence-electron chi connectivity index (χ1n) is 2.64. The maximum atomic E-state index is 3.43. The minimum absolute atomic E-state index is 0. The fraction of sp³-hybridized carbons (Fsp3) is 0.143. The van der Waals surface area contributed by atoms with E-state index in [0.29, 0.717) is 0 Å². The van der Waals surface area contributed by atoms with Crippen molar-refractivity contribution in [3.63, 3.8) is 0 Å². The highest BCUT2D eigenvalue weighted by Crippen LogP contribution is 2.17. The number of hydrogen-bond acceptors (Lipinski definition) is 0. The van der Waals surface area contributed by atoms with Gasteiger partial charge in [-0.3, -0.25) is 0 Å². The van der Waals surface area contributed by atoms with Crippen molar-refractivity contribution in [3.05, 3.63) is 34.3 Å². The van der Waals surface area contributed by atoms with Gasteiger partial charge in [0.05, 0.1) is 0 Å². The van der Waals surface area contributed by atoms with Gasteiger partial charge in [-0.25, -0.2) is 0 Å². The molecule has 0 nitrogen and oxygen atoms in total. The van der Waals surface area contributed by atoms with Gasteiger partial charge in [-0.1, -0.05) is 50.1 Å². The maximum Gasteiger partial charge on any atom is 0.0294 e. The van der Waals surface area contributed by atoms with Gasteiger partial charge in [-0.05, 0) is 11.6 Å². The van der Waals surface area contributed by atoms with Crippen LogP contribution in [0.4, 0.5) is 0 Å². The summed E-state index contributed by atoms with van der Waals surface area (Å²) in [4.78, 5) is 0. The van der Waals surface area contributed by atoms with E-state index in [1.807, 2.05) is 18.2 Å². The van der Waals surface area contributed by atoms with Crippen LogP contribution in [0.25, 0.3) is 0 Å². The van der Waals surface area contributed by atoms with Crippen LogP contribution in [0.15, 0.2) is 28.7 Å². The molecule has 10 heavy (non-hydrogen) atoms. The molecule has 0 N–H and O–H groups in total. The molecule has 0 spiro atoms. The molecule has 0 atom stereocenters. The zero-order valence-corrected chi connectivity index (χ0v) is 10.1. The van der Waals surface area contributed by atoms with Crippen molar-refractivity contribution in [1.29, 1.82) is 0 Å². The molecule has 56 valence electrons. The predicted molar refractivity (Wildman–Crippen MR) is 57.1 cm³/mol. The smallest absolute Gasteiger partial charge is 0.0294 e. The van der Waals surface area contributed by atoms with Gasteiger partial charge in [0.1, 0.15) is 0 Å². The van der Waals surface area contributed by atoms with Crippen LogP contribution in [0.2, 0.25) is 0 Å². The highest BCUT2D eigenvalue weighted by atomic mass is 79.9. The van der Waals surface area contributed by atoms with Crippen LogP contribution in [0.5, 0.6) is 0 Å². The first-order valence-corrected chi connectivity index (χ1v) is 4.55. The fourth-order valence-electron chi connectivity index (χ4n) is 0.607. The van der Waals surface area contributed by atoms with Crippen LogP contribution < -0.4 is 0 Å². The lowest BCUT2D eigenvalue weighted by Crippen LogP contribution is -1.76. The fourth-order valence-corrected chi connectivity index (χ4v) is 1.90. The Labute approximate surface area is 88.0 Å². The molecular formula is C7H7Br3. The van der Waals surface area contributed by atoms with Crippen molar-refractivity contribution in [2.24, 2.45) is 0 Å². The largest absolute Gasteiger partial charge is 0.114 e. The molecule has 0 heterocycles. The van der Waals surface area contributed by atoms with E-state index in [9.17, 15) is 0 Å². The molecule has 1 aromatic rings. The Bertz CT molecular complexity index is 198. The van der Waals surface area contributed by atoms with Crippen molar-refractivity contribution in [2.75, 3.05) is 0 Å². The highest BCUT2D eigenvalue weighted by molar-refractivity contribution is 9.10. The molecule has 0 aliphatic carbocycles. The Morgan fingerprint density at radius 3 is 2.20 bits per heavy atom. The first kappa shape index (κ1) is 10.7. The highest BCUT2D eigenvalue weighted by Gasteiger charge is 1.92. The first-order chi connectivity index (χ1) is 4.34. The Kier molecular flexibility index (Phi) is 5.68. The van der Waals surface area contributed by atoms with Crippen molar-refractivity contribution in [3.8, 4) is 0 Å². The van der Waals surface area contributed by atoms with Crippen molar-refractivity contribution < 1.29 is 0 Å². The third kappa shape index (κ3) is 2.72. The third-order valence-corrected chi connectivity index (χ3v) is 2.48. The summed E-state index contributed by atoms with van der Waals surface area (Å²) >= 11 is 6.80. The Balaban J connectivity index is 0.000000810. The minimum atomic E-state index is 0. The van der Waals surface area contributed by atoms with E-state index in [1.165, 1.54) is 10.0 Å². The summed E-state index contributed by atoms with van der Waals surface area (Å²) in [6.45, 7) is 0. The van der Waals surface area contributed by atoms with E-state index in [2.05, 4.69) is 37.9 Å². The zero-order chi connectivity index (χ0) is 6.69. The second kappa shape index (κ2) is 5.33. The Hall–Kier alpha value is 0.660. The molecule has 0 saturated carbocycles. The molecule has 0 amide bonds. The molecule has 0 aliphatic heterocycles. The zero-order valence-electron chi connectivity index (χ0n) is 5.18. The van der Waals surface area contributed by atoms with Gasteiger partial charge in [0.2, 0.25) is 0 Å². The van der Waals surface area contributed by atoms with E-state index in [0.717, 1.165) is 5.33 Å². The lowest BCUT2D eigenvalue weighted by atomic mass is 10.2. The molecule has 1 rings (SSSR count). The normalized spacial score (nSPS) is 8.60. The summed E-state index contributed by atoms with van der Waals surface area (Å²) in [6, 6.07) is 8.16. The van der Waals surface area contributed by atoms with Gasteiger partial charge in [0.25, 0.3) is 0 Å². The second-order valence-electron chi connectivity index (χ2n) is 1.73. The topological polar surface area (TPSA) is 0 Å².